The first-order valence-corrected chi connectivity index (χ1v) is 6.66. The van der Waals surface area contributed by atoms with Crippen LogP contribution < -0.4 is 0 Å². The van der Waals surface area contributed by atoms with Crippen molar-refractivity contribution in [1.29, 1.82) is 0 Å². The van der Waals surface area contributed by atoms with E-state index in [1.54, 1.807) is 0 Å². The molecule has 0 unspecified atom stereocenters. The number of aldehydes is 1. The lowest BCUT2D eigenvalue weighted by molar-refractivity contribution is -0.107. The minimum Gasteiger partial charge on any atom is -0.303 e. The molecule has 0 rings (SSSR count). The van der Waals surface area contributed by atoms with Crippen LogP contribution in [0.3, 0.4) is 0 Å². The summed E-state index contributed by atoms with van der Waals surface area (Å²) in [7, 11) is -3.27. The molecule has 0 radical (unpaired) electrons. The van der Waals surface area contributed by atoms with E-state index in [0.29, 0.717) is 6.42 Å². The molecule has 0 amide bonds. The zero-order valence-corrected chi connectivity index (χ0v) is 9.38. The number of hydrogen-bond donors (Lipinski definition) is 0. The first kappa shape index (κ1) is 13.6. The van der Waals surface area contributed by atoms with Gasteiger partial charge < -0.3 is 4.79 Å². The van der Waals surface area contributed by atoms with E-state index in [0.717, 1.165) is 44.6 Å². The topological polar surface area (TPSA) is 60.4 Å². The Hall–Kier alpha value is -0.420. The van der Waals surface area contributed by atoms with Crippen LogP contribution in [0.2, 0.25) is 0 Å². The predicted molar refractivity (Wildman–Crippen MR) is 54.6 cm³/mol. The first-order chi connectivity index (χ1) is 6.56. The summed E-state index contributed by atoms with van der Waals surface area (Å²) in [6, 6.07) is 0. The molecule has 5 heteroatoms. The highest BCUT2D eigenvalue weighted by Gasteiger charge is 1.99. The van der Waals surface area contributed by atoms with Crippen molar-refractivity contribution in [1.82, 2.24) is 0 Å². The number of hydrogen-bond acceptors (Lipinski definition) is 4. The Morgan fingerprint density at radius 1 is 1.07 bits per heavy atom. The molecule has 4 nitrogen and oxygen atoms in total. The summed E-state index contributed by atoms with van der Waals surface area (Å²) >= 11 is 0. The van der Waals surface area contributed by atoms with Crippen LogP contribution in [-0.2, 0) is 19.1 Å². The van der Waals surface area contributed by atoms with Gasteiger partial charge in [-0.1, -0.05) is 19.3 Å². The van der Waals surface area contributed by atoms with Crippen LogP contribution in [0, 0.1) is 0 Å². The van der Waals surface area contributed by atoms with Gasteiger partial charge in [-0.2, -0.15) is 8.42 Å². The monoisotopic (exact) mass is 222 g/mol. The highest BCUT2D eigenvalue weighted by Crippen LogP contribution is 2.04. The van der Waals surface area contributed by atoms with E-state index in [4.69, 9.17) is 0 Å². The highest BCUT2D eigenvalue weighted by atomic mass is 32.2. The molecule has 0 aromatic rings. The molecular formula is C9H18O4S. The van der Waals surface area contributed by atoms with Gasteiger partial charge in [0.1, 0.15) is 6.29 Å². The maximum Gasteiger partial charge on any atom is 0.264 e. The molecule has 0 N–H and O–H groups in total. The smallest absolute Gasteiger partial charge is 0.264 e. The highest BCUT2D eigenvalue weighted by molar-refractivity contribution is 7.85. The summed E-state index contributed by atoms with van der Waals surface area (Å²) in [6.45, 7) is 0.270. The van der Waals surface area contributed by atoms with Gasteiger partial charge in [0.25, 0.3) is 10.1 Å². The fourth-order valence-electron chi connectivity index (χ4n) is 1.07. The zero-order chi connectivity index (χ0) is 10.9. The van der Waals surface area contributed by atoms with Crippen molar-refractivity contribution in [2.75, 3.05) is 12.9 Å². The Balaban J connectivity index is 3.10. The fraction of sp³-hybridized carbons (Fsp3) is 0.889. The van der Waals surface area contributed by atoms with Crippen LogP contribution in [0.25, 0.3) is 0 Å². The van der Waals surface area contributed by atoms with Crippen molar-refractivity contribution < 1.29 is 17.4 Å². The third-order valence-electron chi connectivity index (χ3n) is 1.76. The van der Waals surface area contributed by atoms with Gasteiger partial charge in [0, 0.05) is 6.42 Å². The molecule has 14 heavy (non-hydrogen) atoms. The second kappa shape index (κ2) is 7.94. The van der Waals surface area contributed by atoms with Gasteiger partial charge in [-0.15, -0.1) is 0 Å². The number of rotatable bonds is 9. The van der Waals surface area contributed by atoms with Gasteiger partial charge in [-0.3, -0.25) is 4.18 Å². The second-order valence-electron chi connectivity index (χ2n) is 3.25. The van der Waals surface area contributed by atoms with Gasteiger partial charge in [-0.25, -0.2) is 0 Å². The van der Waals surface area contributed by atoms with Crippen molar-refractivity contribution >= 4 is 16.4 Å². The maximum atomic E-state index is 10.5. The Bertz CT molecular complexity index is 233. The number of unbranched alkanes of at least 4 members (excludes halogenated alkanes) is 5. The third kappa shape index (κ3) is 11.6. The normalized spacial score (nSPS) is 11.5. The summed E-state index contributed by atoms with van der Waals surface area (Å²) < 4.78 is 25.7. The van der Waals surface area contributed by atoms with E-state index in [9.17, 15) is 13.2 Å². The second-order valence-corrected chi connectivity index (χ2v) is 4.89. The fourth-order valence-corrected chi connectivity index (χ4v) is 1.49. The van der Waals surface area contributed by atoms with Crippen LogP contribution in [0.1, 0.15) is 38.5 Å². The summed E-state index contributed by atoms with van der Waals surface area (Å²) in [5.41, 5.74) is 0. The first-order valence-electron chi connectivity index (χ1n) is 4.84. The lowest BCUT2D eigenvalue weighted by Gasteiger charge is -2.00. The van der Waals surface area contributed by atoms with Crippen LogP contribution in [0.5, 0.6) is 0 Å². The molecule has 0 aliphatic heterocycles. The average Bonchev–Trinajstić information content (AvgIpc) is 2.08. The molecule has 0 aromatic heterocycles. The van der Waals surface area contributed by atoms with E-state index in [1.165, 1.54) is 0 Å². The number of carbonyl (C=O) groups excluding carboxylic acids is 1. The summed E-state index contributed by atoms with van der Waals surface area (Å²) in [5, 5.41) is 0. The molecule has 84 valence electrons. The van der Waals surface area contributed by atoms with Crippen LogP contribution in [0.15, 0.2) is 0 Å². The van der Waals surface area contributed by atoms with Crippen molar-refractivity contribution in [2.24, 2.45) is 0 Å². The molecule has 0 saturated carbocycles. The summed E-state index contributed by atoms with van der Waals surface area (Å²) in [5.74, 6) is 0. The largest absolute Gasteiger partial charge is 0.303 e. The van der Waals surface area contributed by atoms with Crippen molar-refractivity contribution in [3.05, 3.63) is 0 Å². The van der Waals surface area contributed by atoms with Gasteiger partial charge in [-0.05, 0) is 12.8 Å². The Labute approximate surface area is 85.8 Å². The Kier molecular flexibility index (Phi) is 7.70. The Morgan fingerprint density at radius 2 is 1.64 bits per heavy atom. The van der Waals surface area contributed by atoms with Crippen molar-refractivity contribution in [2.45, 2.75) is 38.5 Å². The third-order valence-corrected chi connectivity index (χ3v) is 2.36. The van der Waals surface area contributed by atoms with Crippen LogP contribution in [0.4, 0.5) is 0 Å². The predicted octanol–water partition coefficient (Wildman–Crippen LogP) is 1.50. The molecular weight excluding hydrogens is 204 g/mol. The van der Waals surface area contributed by atoms with Gasteiger partial charge in [0.2, 0.25) is 0 Å². The molecule has 0 aromatic carbocycles. The van der Waals surface area contributed by atoms with Crippen LogP contribution >= 0.6 is 0 Å². The van der Waals surface area contributed by atoms with Crippen molar-refractivity contribution in [3.63, 3.8) is 0 Å². The van der Waals surface area contributed by atoms with E-state index < -0.39 is 10.1 Å². The minimum atomic E-state index is -3.27. The van der Waals surface area contributed by atoms with Gasteiger partial charge in [0.15, 0.2) is 0 Å². The Morgan fingerprint density at radius 3 is 2.21 bits per heavy atom. The maximum absolute atomic E-state index is 10.5. The zero-order valence-electron chi connectivity index (χ0n) is 8.57. The molecule has 0 atom stereocenters. The van der Waals surface area contributed by atoms with E-state index in [1.807, 2.05) is 0 Å². The number of carbonyl (C=O) groups is 1. The summed E-state index contributed by atoms with van der Waals surface area (Å²) in [6.07, 6.45) is 7.29. The van der Waals surface area contributed by atoms with Gasteiger partial charge in [0.05, 0.1) is 12.9 Å². The lowest BCUT2D eigenvalue weighted by Crippen LogP contribution is -2.03. The van der Waals surface area contributed by atoms with E-state index in [-0.39, 0.29) is 6.61 Å². The lowest BCUT2D eigenvalue weighted by atomic mass is 10.1. The van der Waals surface area contributed by atoms with Crippen LogP contribution in [-0.4, -0.2) is 27.6 Å². The molecule has 0 bridgehead atoms. The van der Waals surface area contributed by atoms with E-state index >= 15 is 0 Å². The van der Waals surface area contributed by atoms with Crippen molar-refractivity contribution in [3.8, 4) is 0 Å². The standard InChI is InChI=1S/C9H18O4S/c1-14(11,12)13-9-7-5-3-2-4-6-8-10/h8H,2-7,9H2,1H3. The SMILES string of the molecule is CS(=O)(=O)OCCCCCCCC=O. The average molecular weight is 222 g/mol. The molecule has 0 fully saturated rings. The van der Waals surface area contributed by atoms with Gasteiger partial charge >= 0.3 is 0 Å². The summed E-state index contributed by atoms with van der Waals surface area (Å²) in [4.78, 5) is 9.96. The molecule has 0 saturated heterocycles. The van der Waals surface area contributed by atoms with E-state index in [2.05, 4.69) is 4.18 Å². The molecule has 0 spiro atoms. The molecule has 0 heterocycles. The minimum absolute atomic E-state index is 0.270. The quantitative estimate of drug-likeness (QED) is 0.337. The molecule has 0 aliphatic carbocycles. The molecule has 0 aliphatic rings.